The average molecular weight is 272 g/mol. The van der Waals surface area contributed by atoms with Crippen LogP contribution in [0.1, 0.15) is 28.9 Å². The first kappa shape index (κ1) is 12.7. The number of anilines is 1. The van der Waals surface area contributed by atoms with Crippen LogP contribution in [0.25, 0.3) is 11.3 Å². The fraction of sp³-hybridized carbons (Fsp3) is 0.357. The van der Waals surface area contributed by atoms with E-state index in [4.69, 9.17) is 5.11 Å². The number of nitrogens with zero attached hydrogens (tertiary/aromatic N) is 2. The summed E-state index contributed by atoms with van der Waals surface area (Å²) in [5.41, 5.74) is 2.59. The topological polar surface area (TPSA) is 90.9 Å². The van der Waals surface area contributed by atoms with Crippen LogP contribution in [-0.4, -0.2) is 32.6 Å². The first-order valence-electron chi connectivity index (χ1n) is 6.63. The second-order valence-corrected chi connectivity index (χ2v) is 5.16. The lowest BCUT2D eigenvalue weighted by Crippen LogP contribution is -2.07. The molecule has 1 saturated carbocycles. The number of rotatable bonds is 5. The minimum atomic E-state index is -0.977. The third-order valence-corrected chi connectivity index (χ3v) is 3.40. The predicted octanol–water partition coefficient (Wildman–Crippen LogP) is 2.30. The molecule has 6 nitrogen and oxygen atoms in total. The third-order valence-electron chi connectivity index (χ3n) is 3.40. The van der Waals surface area contributed by atoms with Gasteiger partial charge < -0.3 is 15.4 Å². The van der Waals surface area contributed by atoms with Gasteiger partial charge in [0.05, 0.1) is 5.69 Å². The Morgan fingerprint density at radius 3 is 3.00 bits per heavy atom. The van der Waals surface area contributed by atoms with Gasteiger partial charge in [-0.25, -0.2) is 14.8 Å². The van der Waals surface area contributed by atoms with E-state index in [0.717, 1.165) is 29.3 Å². The second-order valence-electron chi connectivity index (χ2n) is 5.16. The average Bonchev–Trinajstić information content (AvgIpc) is 3.12. The molecule has 0 bridgehead atoms. The van der Waals surface area contributed by atoms with E-state index in [9.17, 15) is 4.79 Å². The number of nitrogens with one attached hydrogen (secondary N) is 2. The number of aryl methyl sites for hydroxylation is 1. The van der Waals surface area contributed by atoms with Crippen molar-refractivity contribution < 1.29 is 9.90 Å². The summed E-state index contributed by atoms with van der Waals surface area (Å²) in [7, 11) is 0. The minimum absolute atomic E-state index is 0.158. The second kappa shape index (κ2) is 4.96. The molecule has 1 aliphatic rings. The van der Waals surface area contributed by atoms with Crippen LogP contribution in [-0.2, 0) is 0 Å². The Labute approximate surface area is 116 Å². The summed E-state index contributed by atoms with van der Waals surface area (Å²) < 4.78 is 0. The molecule has 0 amide bonds. The van der Waals surface area contributed by atoms with Gasteiger partial charge in [0.25, 0.3) is 0 Å². The Morgan fingerprint density at radius 1 is 1.55 bits per heavy atom. The molecule has 2 aromatic heterocycles. The molecule has 3 rings (SSSR count). The lowest BCUT2D eigenvalue weighted by molar-refractivity contribution is 0.0691. The van der Waals surface area contributed by atoms with Crippen LogP contribution in [0.5, 0.6) is 0 Å². The zero-order valence-corrected chi connectivity index (χ0v) is 11.2. The lowest BCUT2D eigenvalue weighted by atomic mass is 10.1. The maximum Gasteiger partial charge on any atom is 0.352 e. The molecule has 6 heteroatoms. The highest BCUT2D eigenvalue weighted by atomic mass is 16.4. The Hall–Kier alpha value is -2.37. The van der Waals surface area contributed by atoms with Gasteiger partial charge in [-0.2, -0.15) is 0 Å². The van der Waals surface area contributed by atoms with Crippen LogP contribution in [0, 0.1) is 12.8 Å². The zero-order valence-electron chi connectivity index (χ0n) is 11.2. The number of carbonyl (C=O) groups is 1. The van der Waals surface area contributed by atoms with Crippen LogP contribution in [0.4, 0.5) is 5.95 Å². The molecule has 0 aromatic carbocycles. The first-order chi connectivity index (χ1) is 9.63. The Balaban J connectivity index is 1.85. The summed E-state index contributed by atoms with van der Waals surface area (Å²) >= 11 is 0. The van der Waals surface area contributed by atoms with Crippen molar-refractivity contribution in [1.82, 2.24) is 15.0 Å². The third kappa shape index (κ3) is 2.64. The molecule has 0 atom stereocenters. The van der Waals surface area contributed by atoms with E-state index in [2.05, 4.69) is 20.3 Å². The lowest BCUT2D eigenvalue weighted by Gasteiger charge is -2.07. The number of aromatic nitrogens is 3. The molecule has 1 aliphatic carbocycles. The molecule has 0 unspecified atom stereocenters. The highest BCUT2D eigenvalue weighted by molar-refractivity contribution is 5.87. The molecule has 2 aromatic rings. The standard InChI is InChI=1S/C14H16N4O2/c1-8-5-16-14(17-6-9-2-3-9)18-12(8)10-4-11(13(19)20)15-7-10/h4-5,7,9,15H,2-3,6H2,1H3,(H,19,20)(H,16,17,18). The first-order valence-corrected chi connectivity index (χ1v) is 6.63. The molecule has 0 aliphatic heterocycles. The monoisotopic (exact) mass is 272 g/mol. The summed E-state index contributed by atoms with van der Waals surface area (Å²) in [6.45, 7) is 2.81. The minimum Gasteiger partial charge on any atom is -0.477 e. The quantitative estimate of drug-likeness (QED) is 0.777. The maximum absolute atomic E-state index is 10.9. The van der Waals surface area contributed by atoms with Crippen LogP contribution < -0.4 is 5.32 Å². The summed E-state index contributed by atoms with van der Waals surface area (Å²) in [6.07, 6.45) is 5.95. The van der Waals surface area contributed by atoms with Crippen molar-refractivity contribution in [2.45, 2.75) is 19.8 Å². The molecular formula is C14H16N4O2. The van der Waals surface area contributed by atoms with E-state index >= 15 is 0 Å². The maximum atomic E-state index is 10.9. The van der Waals surface area contributed by atoms with Crippen molar-refractivity contribution in [3.8, 4) is 11.3 Å². The smallest absolute Gasteiger partial charge is 0.352 e. The molecule has 0 radical (unpaired) electrons. The SMILES string of the molecule is Cc1cnc(NCC2CC2)nc1-c1c[nH]c(C(=O)O)c1. The molecule has 1 fully saturated rings. The van der Waals surface area contributed by atoms with Crippen LogP contribution in [0.15, 0.2) is 18.5 Å². The van der Waals surface area contributed by atoms with Gasteiger partial charge in [0.2, 0.25) is 5.95 Å². The van der Waals surface area contributed by atoms with Gasteiger partial charge in [-0.1, -0.05) is 0 Å². The molecular weight excluding hydrogens is 256 g/mol. The summed E-state index contributed by atoms with van der Waals surface area (Å²) in [6, 6.07) is 1.59. The molecule has 0 spiro atoms. The van der Waals surface area contributed by atoms with Crippen molar-refractivity contribution in [1.29, 1.82) is 0 Å². The summed E-state index contributed by atoms with van der Waals surface area (Å²) in [4.78, 5) is 22.4. The van der Waals surface area contributed by atoms with Crippen LogP contribution in [0.3, 0.4) is 0 Å². The molecule has 20 heavy (non-hydrogen) atoms. The van der Waals surface area contributed by atoms with Gasteiger partial charge in [0, 0.05) is 24.5 Å². The van der Waals surface area contributed by atoms with Crippen LogP contribution >= 0.6 is 0 Å². The molecule has 104 valence electrons. The Kier molecular flexibility index (Phi) is 3.14. The predicted molar refractivity (Wildman–Crippen MR) is 74.7 cm³/mol. The van der Waals surface area contributed by atoms with Crippen molar-refractivity contribution in [3.05, 3.63) is 29.7 Å². The van der Waals surface area contributed by atoms with Gasteiger partial charge in [-0.3, -0.25) is 0 Å². The number of aromatic carboxylic acids is 1. The van der Waals surface area contributed by atoms with E-state index in [1.165, 1.54) is 12.8 Å². The molecule has 2 heterocycles. The number of carboxylic acids is 1. The largest absolute Gasteiger partial charge is 0.477 e. The van der Waals surface area contributed by atoms with Crippen molar-refractivity contribution in [2.75, 3.05) is 11.9 Å². The van der Waals surface area contributed by atoms with Gasteiger partial charge in [-0.15, -0.1) is 0 Å². The highest BCUT2D eigenvalue weighted by Gasteiger charge is 2.21. The normalized spacial score (nSPS) is 14.2. The van der Waals surface area contributed by atoms with Gasteiger partial charge in [0.1, 0.15) is 5.69 Å². The number of hydrogen-bond donors (Lipinski definition) is 3. The molecule has 3 N–H and O–H groups in total. The summed E-state index contributed by atoms with van der Waals surface area (Å²) in [5.74, 6) is 0.361. The Morgan fingerprint density at radius 2 is 2.35 bits per heavy atom. The van der Waals surface area contributed by atoms with E-state index in [1.807, 2.05) is 6.92 Å². The van der Waals surface area contributed by atoms with E-state index in [0.29, 0.717) is 5.95 Å². The highest BCUT2D eigenvalue weighted by Crippen LogP contribution is 2.29. The fourth-order valence-electron chi connectivity index (χ4n) is 2.03. The zero-order chi connectivity index (χ0) is 14.1. The van der Waals surface area contributed by atoms with Crippen molar-refractivity contribution in [2.24, 2.45) is 5.92 Å². The molecule has 0 saturated heterocycles. The number of aromatic amines is 1. The number of hydrogen-bond acceptors (Lipinski definition) is 4. The van der Waals surface area contributed by atoms with Crippen molar-refractivity contribution in [3.63, 3.8) is 0 Å². The van der Waals surface area contributed by atoms with Crippen molar-refractivity contribution >= 4 is 11.9 Å². The van der Waals surface area contributed by atoms with Gasteiger partial charge in [0.15, 0.2) is 0 Å². The van der Waals surface area contributed by atoms with E-state index < -0.39 is 5.97 Å². The number of H-pyrrole nitrogens is 1. The van der Waals surface area contributed by atoms with E-state index in [-0.39, 0.29) is 5.69 Å². The van der Waals surface area contributed by atoms with Gasteiger partial charge in [-0.05, 0) is 37.3 Å². The fourth-order valence-corrected chi connectivity index (χ4v) is 2.03. The summed E-state index contributed by atoms with van der Waals surface area (Å²) in [5, 5.41) is 12.2. The Bertz CT molecular complexity index is 646. The van der Waals surface area contributed by atoms with Gasteiger partial charge >= 0.3 is 5.97 Å². The number of carboxylic acid groups (broad SMARTS) is 1. The van der Waals surface area contributed by atoms with E-state index in [1.54, 1.807) is 18.5 Å². The van der Waals surface area contributed by atoms with Crippen LogP contribution in [0.2, 0.25) is 0 Å².